The molecule has 28 heavy (non-hydrogen) atoms. The summed E-state index contributed by atoms with van der Waals surface area (Å²) >= 11 is 2.97. The van der Waals surface area contributed by atoms with Gasteiger partial charge in [0.05, 0.1) is 12.3 Å². The molecule has 0 aliphatic heterocycles. The second kappa shape index (κ2) is 8.12. The molecule has 0 aliphatic rings. The number of ketones is 1. The Morgan fingerprint density at radius 3 is 2.79 bits per heavy atom. The van der Waals surface area contributed by atoms with Crippen LogP contribution in [0.1, 0.15) is 26.6 Å². The maximum absolute atomic E-state index is 12.8. The molecule has 0 saturated carbocycles. The summed E-state index contributed by atoms with van der Waals surface area (Å²) in [6, 6.07) is 9.71. The van der Waals surface area contributed by atoms with Gasteiger partial charge < -0.3 is 8.98 Å². The summed E-state index contributed by atoms with van der Waals surface area (Å²) in [6.45, 7) is 4.81. The van der Waals surface area contributed by atoms with E-state index in [0.717, 1.165) is 29.1 Å². The number of aryl methyl sites for hydroxylation is 1. The van der Waals surface area contributed by atoms with Crippen molar-refractivity contribution in [1.29, 1.82) is 0 Å². The van der Waals surface area contributed by atoms with Gasteiger partial charge in [0.25, 0.3) is 5.22 Å². The normalized spacial score (nSPS) is 11.1. The molecule has 6 nitrogen and oxygen atoms in total. The summed E-state index contributed by atoms with van der Waals surface area (Å²) in [7, 11) is 0. The predicted octanol–water partition coefficient (Wildman–Crippen LogP) is 4.63. The Balaban J connectivity index is 1.44. The highest BCUT2D eigenvalue weighted by atomic mass is 32.2. The minimum absolute atomic E-state index is 0.0548. The summed E-state index contributed by atoms with van der Waals surface area (Å²) in [5, 5.41) is 10.5. The third kappa shape index (κ3) is 3.93. The molecule has 0 aromatic carbocycles. The number of carbonyl (C=O) groups excluding carboxylic acids is 1. The van der Waals surface area contributed by atoms with Crippen molar-refractivity contribution >= 4 is 28.9 Å². The maximum Gasteiger partial charge on any atom is 0.277 e. The van der Waals surface area contributed by atoms with Crippen molar-refractivity contribution in [3.63, 3.8) is 0 Å². The van der Waals surface area contributed by atoms with Crippen LogP contribution in [0.5, 0.6) is 0 Å². The number of hydrogen-bond donors (Lipinski definition) is 0. The van der Waals surface area contributed by atoms with Crippen LogP contribution in [0.3, 0.4) is 0 Å². The fourth-order valence-corrected chi connectivity index (χ4v) is 4.31. The molecule has 0 radical (unpaired) electrons. The van der Waals surface area contributed by atoms with Crippen LogP contribution in [0, 0.1) is 13.8 Å². The van der Waals surface area contributed by atoms with E-state index in [0.29, 0.717) is 11.1 Å². The number of thioether (sulfide) groups is 1. The number of aromatic nitrogens is 4. The van der Waals surface area contributed by atoms with Crippen LogP contribution in [-0.4, -0.2) is 31.3 Å². The van der Waals surface area contributed by atoms with E-state index in [-0.39, 0.29) is 11.5 Å². The van der Waals surface area contributed by atoms with E-state index in [4.69, 9.17) is 4.42 Å². The quantitative estimate of drug-likeness (QED) is 0.327. The summed E-state index contributed by atoms with van der Waals surface area (Å²) in [5.74, 6) is 0.729. The Bertz CT molecular complexity index is 1090. The van der Waals surface area contributed by atoms with Gasteiger partial charge in [0.15, 0.2) is 5.78 Å². The molecule has 0 aliphatic carbocycles. The maximum atomic E-state index is 12.8. The summed E-state index contributed by atoms with van der Waals surface area (Å²) in [5.41, 5.74) is 3.62. The minimum atomic E-state index is 0.0548. The van der Waals surface area contributed by atoms with Crippen molar-refractivity contribution in [2.75, 3.05) is 5.75 Å². The Morgan fingerprint density at radius 2 is 2.04 bits per heavy atom. The van der Waals surface area contributed by atoms with Gasteiger partial charge in [-0.25, -0.2) is 0 Å². The highest BCUT2D eigenvalue weighted by Gasteiger charge is 2.18. The number of hydrogen-bond acceptors (Lipinski definition) is 7. The van der Waals surface area contributed by atoms with Crippen molar-refractivity contribution in [1.82, 2.24) is 19.7 Å². The molecule has 0 bridgehead atoms. The van der Waals surface area contributed by atoms with Gasteiger partial charge in [-0.3, -0.25) is 9.78 Å². The molecule has 0 amide bonds. The SMILES string of the molecule is Cc1cc(C(=O)CSc2nnc(-c3ccncc3)o2)c(C)n1Cc1cccs1. The smallest absolute Gasteiger partial charge is 0.277 e. The fourth-order valence-electron chi connectivity index (χ4n) is 2.97. The number of rotatable bonds is 7. The van der Waals surface area contributed by atoms with Gasteiger partial charge in [0, 0.05) is 39.8 Å². The number of pyridine rings is 1. The largest absolute Gasteiger partial charge is 0.411 e. The second-order valence-corrected chi connectivity index (χ2v) is 8.23. The molecule has 4 heterocycles. The van der Waals surface area contributed by atoms with E-state index in [1.807, 2.05) is 26.0 Å². The molecule has 142 valence electrons. The number of thiophene rings is 1. The average Bonchev–Trinajstić information content (AvgIpc) is 3.45. The summed E-state index contributed by atoms with van der Waals surface area (Å²) in [6.07, 6.45) is 3.34. The van der Waals surface area contributed by atoms with E-state index in [2.05, 4.69) is 31.2 Å². The monoisotopic (exact) mass is 410 g/mol. The highest BCUT2D eigenvalue weighted by molar-refractivity contribution is 7.99. The fraction of sp³-hybridized carbons (Fsp3) is 0.200. The van der Waals surface area contributed by atoms with E-state index in [1.165, 1.54) is 16.6 Å². The molecule has 0 saturated heterocycles. The first kappa shape index (κ1) is 18.6. The Morgan fingerprint density at radius 1 is 1.21 bits per heavy atom. The van der Waals surface area contributed by atoms with E-state index < -0.39 is 0 Å². The van der Waals surface area contributed by atoms with Crippen molar-refractivity contribution in [3.8, 4) is 11.5 Å². The lowest BCUT2D eigenvalue weighted by Gasteiger charge is -2.08. The molecule has 0 unspecified atom stereocenters. The zero-order valence-corrected chi connectivity index (χ0v) is 17.1. The van der Waals surface area contributed by atoms with Gasteiger partial charge in [-0.2, -0.15) is 0 Å². The number of Topliss-reactive ketones (excluding diaryl/α,β-unsaturated/α-hetero) is 1. The molecule has 4 aromatic rings. The van der Waals surface area contributed by atoms with Crippen LogP contribution >= 0.6 is 23.1 Å². The van der Waals surface area contributed by atoms with Crippen LogP contribution in [-0.2, 0) is 6.54 Å². The molecular formula is C20H18N4O2S2. The third-order valence-electron chi connectivity index (χ3n) is 4.43. The predicted molar refractivity (Wildman–Crippen MR) is 110 cm³/mol. The lowest BCUT2D eigenvalue weighted by molar-refractivity contribution is 0.102. The van der Waals surface area contributed by atoms with Gasteiger partial charge in [-0.05, 0) is 43.5 Å². The summed E-state index contributed by atoms with van der Waals surface area (Å²) < 4.78 is 7.82. The minimum Gasteiger partial charge on any atom is -0.411 e. The standard InChI is InChI=1S/C20H18N4O2S2/c1-13-10-17(14(2)24(13)11-16-4-3-9-27-16)18(25)12-28-20-23-22-19(26-20)15-5-7-21-8-6-15/h3-10H,11-12H2,1-2H3. The van der Waals surface area contributed by atoms with Gasteiger partial charge in [-0.15, -0.1) is 21.5 Å². The highest BCUT2D eigenvalue weighted by Crippen LogP contribution is 2.25. The molecule has 4 rings (SSSR count). The molecule has 0 fully saturated rings. The van der Waals surface area contributed by atoms with E-state index in [9.17, 15) is 4.79 Å². The molecule has 4 aromatic heterocycles. The van der Waals surface area contributed by atoms with Gasteiger partial charge in [0.2, 0.25) is 5.89 Å². The third-order valence-corrected chi connectivity index (χ3v) is 6.11. The summed E-state index contributed by atoms with van der Waals surface area (Å²) in [4.78, 5) is 18.0. The molecule has 0 spiro atoms. The van der Waals surface area contributed by atoms with Gasteiger partial charge >= 0.3 is 0 Å². The van der Waals surface area contributed by atoms with Gasteiger partial charge in [0.1, 0.15) is 0 Å². The molecule has 8 heteroatoms. The Kier molecular flexibility index (Phi) is 5.40. The van der Waals surface area contributed by atoms with Crippen LogP contribution < -0.4 is 0 Å². The number of nitrogens with zero attached hydrogens (tertiary/aromatic N) is 4. The zero-order valence-electron chi connectivity index (χ0n) is 15.5. The second-order valence-electron chi connectivity index (χ2n) is 6.27. The molecule has 0 N–H and O–H groups in total. The lowest BCUT2D eigenvalue weighted by Crippen LogP contribution is -2.07. The first-order valence-corrected chi connectivity index (χ1v) is 10.6. The Hall–Kier alpha value is -2.71. The average molecular weight is 411 g/mol. The number of carbonyl (C=O) groups is 1. The topological polar surface area (TPSA) is 73.8 Å². The molecule has 0 atom stereocenters. The first-order chi connectivity index (χ1) is 13.6. The van der Waals surface area contributed by atoms with Crippen molar-refractivity contribution in [3.05, 3.63) is 69.9 Å². The first-order valence-electron chi connectivity index (χ1n) is 8.71. The van der Waals surface area contributed by atoms with Crippen molar-refractivity contribution in [2.45, 2.75) is 25.6 Å². The zero-order chi connectivity index (χ0) is 19.5. The van der Waals surface area contributed by atoms with E-state index in [1.54, 1.807) is 35.9 Å². The van der Waals surface area contributed by atoms with Crippen molar-refractivity contribution in [2.24, 2.45) is 0 Å². The lowest BCUT2D eigenvalue weighted by atomic mass is 10.2. The van der Waals surface area contributed by atoms with Crippen molar-refractivity contribution < 1.29 is 9.21 Å². The van der Waals surface area contributed by atoms with Gasteiger partial charge in [-0.1, -0.05) is 17.8 Å². The van der Waals surface area contributed by atoms with E-state index >= 15 is 0 Å². The Labute approximate surface area is 170 Å². The van der Waals surface area contributed by atoms with Crippen LogP contribution in [0.25, 0.3) is 11.5 Å². The van der Waals surface area contributed by atoms with Crippen LogP contribution in [0.15, 0.2) is 57.7 Å². The molecular weight excluding hydrogens is 392 g/mol. The van der Waals surface area contributed by atoms with Crippen LogP contribution in [0.2, 0.25) is 0 Å². The van der Waals surface area contributed by atoms with Crippen LogP contribution in [0.4, 0.5) is 0 Å².